The van der Waals surface area contributed by atoms with Crippen LogP contribution in [0.2, 0.25) is 0 Å². The van der Waals surface area contributed by atoms with Gasteiger partial charge in [-0.2, -0.15) is 0 Å². The first kappa shape index (κ1) is 19.0. The fourth-order valence-electron chi connectivity index (χ4n) is 2.34. The standard InChI is InChI=1S/C16H13O4P.C4H10/c17-15-10-12(8-9-16(15)20-21(18)19)14-7-3-5-11-4-1-2-6-13(11)14;1-3-4-2/h1-10,17,21H,(H,18,19);3-4H2,1-2H3. The Labute approximate surface area is 148 Å². The van der Waals surface area contributed by atoms with Crippen LogP contribution in [0.15, 0.2) is 60.7 Å². The second-order valence-corrected chi connectivity index (χ2v) is 6.31. The molecule has 0 saturated carbocycles. The van der Waals surface area contributed by atoms with E-state index >= 15 is 0 Å². The molecule has 0 aliphatic rings. The van der Waals surface area contributed by atoms with Gasteiger partial charge in [-0.3, -0.25) is 0 Å². The first-order chi connectivity index (χ1) is 12.1. The van der Waals surface area contributed by atoms with Crippen LogP contribution in [0.3, 0.4) is 0 Å². The van der Waals surface area contributed by atoms with Crippen molar-refractivity contribution in [2.75, 3.05) is 0 Å². The summed E-state index contributed by atoms with van der Waals surface area (Å²) in [5.41, 5.74) is 1.79. The summed E-state index contributed by atoms with van der Waals surface area (Å²) < 4.78 is 15.4. The first-order valence-electron chi connectivity index (χ1n) is 8.28. The molecule has 0 aromatic heterocycles. The molecule has 5 heteroatoms. The molecular formula is C20H23O4P. The third-order valence-electron chi connectivity index (χ3n) is 3.76. The molecule has 2 N–H and O–H groups in total. The smallest absolute Gasteiger partial charge is 0.365 e. The van der Waals surface area contributed by atoms with Gasteiger partial charge in [-0.15, -0.1) is 0 Å². The average Bonchev–Trinajstić information content (AvgIpc) is 2.63. The minimum absolute atomic E-state index is 0.00498. The van der Waals surface area contributed by atoms with Gasteiger partial charge in [0.1, 0.15) is 0 Å². The Morgan fingerprint density at radius 3 is 2.28 bits per heavy atom. The molecule has 3 aromatic rings. The van der Waals surface area contributed by atoms with Crippen molar-refractivity contribution in [2.24, 2.45) is 0 Å². The zero-order valence-corrected chi connectivity index (χ0v) is 15.4. The van der Waals surface area contributed by atoms with Crippen molar-refractivity contribution >= 4 is 19.0 Å². The third-order valence-corrected chi connectivity index (χ3v) is 4.15. The van der Waals surface area contributed by atoms with Crippen LogP contribution in [0.5, 0.6) is 11.5 Å². The summed E-state index contributed by atoms with van der Waals surface area (Å²) in [5, 5.41) is 12.1. The number of phenolic OH excluding ortho intramolecular Hbond substituents is 1. The van der Waals surface area contributed by atoms with E-state index in [1.807, 2.05) is 42.5 Å². The van der Waals surface area contributed by atoms with Gasteiger partial charge >= 0.3 is 8.25 Å². The molecule has 1 unspecified atom stereocenters. The molecule has 0 radical (unpaired) electrons. The highest BCUT2D eigenvalue weighted by atomic mass is 31.1. The third kappa shape index (κ3) is 5.09. The molecule has 25 heavy (non-hydrogen) atoms. The van der Waals surface area contributed by atoms with E-state index in [1.54, 1.807) is 6.07 Å². The van der Waals surface area contributed by atoms with Gasteiger partial charge < -0.3 is 14.5 Å². The van der Waals surface area contributed by atoms with Crippen LogP contribution in [-0.4, -0.2) is 10.00 Å². The summed E-state index contributed by atoms with van der Waals surface area (Å²) in [6.07, 6.45) is 2.64. The predicted molar refractivity (Wildman–Crippen MR) is 103 cm³/mol. The lowest BCUT2D eigenvalue weighted by Crippen LogP contribution is -1.84. The Morgan fingerprint density at radius 1 is 0.960 bits per heavy atom. The SMILES string of the molecule is CCCC.O=[PH](O)Oc1ccc(-c2cccc3ccccc23)cc1O. The summed E-state index contributed by atoms with van der Waals surface area (Å²) >= 11 is 0. The largest absolute Gasteiger partial charge is 0.504 e. The van der Waals surface area contributed by atoms with Gasteiger partial charge in [0.15, 0.2) is 11.5 Å². The Kier molecular flexibility index (Phi) is 7.05. The van der Waals surface area contributed by atoms with Gasteiger partial charge in [0, 0.05) is 0 Å². The molecule has 0 fully saturated rings. The van der Waals surface area contributed by atoms with Gasteiger partial charge in [0.25, 0.3) is 0 Å². The second-order valence-electron chi connectivity index (χ2n) is 5.58. The molecule has 0 spiro atoms. The van der Waals surface area contributed by atoms with Crippen LogP contribution in [0.25, 0.3) is 21.9 Å². The van der Waals surface area contributed by atoms with E-state index in [4.69, 9.17) is 4.89 Å². The summed E-state index contributed by atoms with van der Waals surface area (Å²) in [7, 11) is -3.13. The predicted octanol–water partition coefficient (Wildman–Crippen LogP) is 5.78. The van der Waals surface area contributed by atoms with E-state index in [9.17, 15) is 9.67 Å². The van der Waals surface area contributed by atoms with Crippen LogP contribution in [0.1, 0.15) is 26.7 Å². The van der Waals surface area contributed by atoms with Gasteiger partial charge in [-0.05, 0) is 34.0 Å². The van der Waals surface area contributed by atoms with Crippen molar-refractivity contribution in [3.05, 3.63) is 60.7 Å². The summed E-state index contributed by atoms with van der Waals surface area (Å²) in [5.74, 6) is -0.154. The fraction of sp³-hybridized carbons (Fsp3) is 0.200. The minimum atomic E-state index is -3.13. The first-order valence-corrected chi connectivity index (χ1v) is 9.55. The van der Waals surface area contributed by atoms with E-state index in [0.717, 1.165) is 21.9 Å². The van der Waals surface area contributed by atoms with Gasteiger partial charge in [0.05, 0.1) is 0 Å². The van der Waals surface area contributed by atoms with Gasteiger partial charge in [0.2, 0.25) is 0 Å². The fourth-order valence-corrected chi connectivity index (χ4v) is 2.70. The normalized spacial score (nSPS) is 11.5. The van der Waals surface area contributed by atoms with Crippen LogP contribution >= 0.6 is 8.25 Å². The summed E-state index contributed by atoms with van der Waals surface area (Å²) in [4.78, 5) is 8.77. The topological polar surface area (TPSA) is 66.8 Å². The van der Waals surface area contributed by atoms with Crippen molar-refractivity contribution in [1.29, 1.82) is 0 Å². The highest BCUT2D eigenvalue weighted by Crippen LogP contribution is 2.37. The maximum atomic E-state index is 10.7. The monoisotopic (exact) mass is 358 g/mol. The molecule has 0 amide bonds. The molecule has 4 nitrogen and oxygen atoms in total. The number of hydrogen-bond acceptors (Lipinski definition) is 3. The lowest BCUT2D eigenvalue weighted by molar-refractivity contribution is 0.389. The van der Waals surface area contributed by atoms with Crippen LogP contribution < -0.4 is 4.52 Å². The van der Waals surface area contributed by atoms with E-state index in [1.165, 1.54) is 25.0 Å². The van der Waals surface area contributed by atoms with Crippen molar-refractivity contribution in [3.8, 4) is 22.6 Å². The molecule has 0 saturated heterocycles. The molecule has 0 bridgehead atoms. The number of aromatic hydroxyl groups is 1. The molecule has 0 aliphatic carbocycles. The van der Waals surface area contributed by atoms with Crippen LogP contribution in [0, 0.1) is 0 Å². The number of benzene rings is 3. The molecule has 3 rings (SSSR count). The maximum absolute atomic E-state index is 10.7. The van der Waals surface area contributed by atoms with Crippen molar-refractivity contribution < 1.29 is 19.1 Å². The molecule has 1 atom stereocenters. The summed E-state index contributed by atoms with van der Waals surface area (Å²) in [6.45, 7) is 4.36. The molecule has 0 aliphatic heterocycles. The second kappa shape index (κ2) is 9.26. The van der Waals surface area contributed by atoms with Crippen molar-refractivity contribution in [1.82, 2.24) is 0 Å². The van der Waals surface area contributed by atoms with Crippen LogP contribution in [0.4, 0.5) is 0 Å². The Bertz CT molecular complexity index is 854. The van der Waals surface area contributed by atoms with Crippen molar-refractivity contribution in [3.63, 3.8) is 0 Å². The number of fused-ring (bicyclic) bond motifs is 1. The lowest BCUT2D eigenvalue weighted by atomic mass is 9.98. The Hall–Kier alpha value is -2.29. The quantitative estimate of drug-likeness (QED) is 0.580. The molecular weight excluding hydrogens is 335 g/mol. The summed E-state index contributed by atoms with van der Waals surface area (Å²) in [6, 6.07) is 18.7. The maximum Gasteiger partial charge on any atom is 0.365 e. The highest BCUT2D eigenvalue weighted by Gasteiger charge is 2.09. The molecule has 0 heterocycles. The van der Waals surface area contributed by atoms with E-state index in [2.05, 4.69) is 18.4 Å². The van der Waals surface area contributed by atoms with Gasteiger partial charge in [-0.1, -0.05) is 75.2 Å². The van der Waals surface area contributed by atoms with Crippen molar-refractivity contribution in [2.45, 2.75) is 26.7 Å². The molecule has 3 aromatic carbocycles. The zero-order chi connectivity index (χ0) is 18.2. The van der Waals surface area contributed by atoms with E-state index < -0.39 is 8.25 Å². The minimum Gasteiger partial charge on any atom is -0.504 e. The van der Waals surface area contributed by atoms with Crippen LogP contribution in [-0.2, 0) is 4.57 Å². The number of rotatable bonds is 4. The van der Waals surface area contributed by atoms with E-state index in [0.29, 0.717) is 0 Å². The number of hydrogen-bond donors (Lipinski definition) is 2. The van der Waals surface area contributed by atoms with E-state index in [-0.39, 0.29) is 11.5 Å². The Balaban J connectivity index is 0.000000511. The Morgan fingerprint density at radius 2 is 1.64 bits per heavy atom. The molecule has 132 valence electrons. The zero-order valence-electron chi connectivity index (χ0n) is 14.4. The number of phenols is 1. The highest BCUT2D eigenvalue weighted by molar-refractivity contribution is 7.32. The van der Waals surface area contributed by atoms with Gasteiger partial charge in [-0.25, -0.2) is 4.57 Å². The number of unbranched alkanes of at least 4 members (excludes halogenated alkanes) is 1. The lowest BCUT2D eigenvalue weighted by Gasteiger charge is -2.09. The average molecular weight is 358 g/mol.